The van der Waals surface area contributed by atoms with E-state index in [-0.39, 0.29) is 37.2 Å². The molecule has 6 rings (SSSR count). The van der Waals surface area contributed by atoms with E-state index < -0.39 is 70.5 Å². The second kappa shape index (κ2) is 9.56. The van der Waals surface area contributed by atoms with Crippen LogP contribution < -0.4 is 0 Å². The van der Waals surface area contributed by atoms with Gasteiger partial charge in [-0.25, -0.2) is 4.79 Å². The van der Waals surface area contributed by atoms with Crippen LogP contribution in [0.1, 0.15) is 71.6 Å². The zero-order chi connectivity index (χ0) is 28.8. The Hall–Kier alpha value is -1.40. The summed E-state index contributed by atoms with van der Waals surface area (Å²) in [7, 11) is 0. The number of aliphatic hydroxyl groups is 6. The van der Waals surface area contributed by atoms with Crippen molar-refractivity contribution in [2.45, 2.75) is 119 Å². The Morgan fingerprint density at radius 2 is 1.73 bits per heavy atom. The lowest BCUT2D eigenvalue weighted by Gasteiger charge is -2.66. The largest absolute Gasteiger partial charge is 0.458 e. The molecule has 0 spiro atoms. The second-order valence-electron chi connectivity index (χ2n) is 14.0. The molecule has 0 aromatic rings. The molecule has 10 heteroatoms. The summed E-state index contributed by atoms with van der Waals surface area (Å²) in [4.78, 5) is 24.8. The van der Waals surface area contributed by atoms with Crippen molar-refractivity contribution < 1.29 is 49.7 Å². The van der Waals surface area contributed by atoms with Crippen molar-refractivity contribution in [3.63, 3.8) is 0 Å². The average molecular weight is 565 g/mol. The summed E-state index contributed by atoms with van der Waals surface area (Å²) in [6.45, 7) is 3.85. The van der Waals surface area contributed by atoms with Gasteiger partial charge in [0.05, 0.1) is 41.0 Å². The zero-order valence-electron chi connectivity index (χ0n) is 23.3. The van der Waals surface area contributed by atoms with Gasteiger partial charge in [-0.2, -0.15) is 0 Å². The molecule has 1 heterocycles. The summed E-state index contributed by atoms with van der Waals surface area (Å²) < 4.78 is 11.4. The van der Waals surface area contributed by atoms with Crippen molar-refractivity contribution in [3.05, 3.63) is 11.6 Å². The van der Waals surface area contributed by atoms with Gasteiger partial charge in [-0.3, -0.25) is 0 Å². The van der Waals surface area contributed by atoms with Crippen LogP contribution in [-0.4, -0.2) is 97.3 Å². The number of ether oxygens (including phenoxy) is 2. The first-order valence-electron chi connectivity index (χ1n) is 15.0. The maximum absolute atomic E-state index is 13.0. The van der Waals surface area contributed by atoms with Gasteiger partial charge < -0.3 is 44.9 Å². The third-order valence-electron chi connectivity index (χ3n) is 12.6. The first-order chi connectivity index (χ1) is 18.8. The molecule has 0 aromatic carbocycles. The highest BCUT2D eigenvalue weighted by Crippen LogP contribution is 2.70. The van der Waals surface area contributed by atoms with Gasteiger partial charge in [-0.1, -0.05) is 13.8 Å². The van der Waals surface area contributed by atoms with E-state index >= 15 is 0 Å². The quantitative estimate of drug-likeness (QED) is 0.207. The number of hydrogen-bond acceptors (Lipinski definition) is 10. The molecule has 5 aliphatic carbocycles. The third kappa shape index (κ3) is 3.72. The Labute approximate surface area is 234 Å². The van der Waals surface area contributed by atoms with Gasteiger partial charge in [0.1, 0.15) is 25.1 Å². The van der Waals surface area contributed by atoms with Crippen molar-refractivity contribution >= 4 is 12.3 Å². The number of aliphatic hydroxyl groups excluding tert-OH is 4. The van der Waals surface area contributed by atoms with E-state index in [1.807, 2.05) is 6.92 Å². The molecule has 40 heavy (non-hydrogen) atoms. The number of cyclic esters (lactones) is 1. The predicted octanol–water partition coefficient (Wildman–Crippen LogP) is 0.384. The van der Waals surface area contributed by atoms with Gasteiger partial charge in [0.15, 0.2) is 0 Å². The maximum Gasteiger partial charge on any atom is 0.331 e. The van der Waals surface area contributed by atoms with Crippen molar-refractivity contribution in [1.82, 2.24) is 0 Å². The predicted molar refractivity (Wildman–Crippen MR) is 139 cm³/mol. The minimum Gasteiger partial charge on any atom is -0.458 e. The van der Waals surface area contributed by atoms with Crippen LogP contribution in [0.25, 0.3) is 0 Å². The number of aldehydes is 1. The standard InChI is InChI=1S/C30H44O10/c1-15-9-21(25(35)26(36)24(15)34)40-17-3-6-28(14-31)20-11-22(32)27(2)18(16-10-23(33)39-13-16)5-8-30(27,38)19(20)4-7-29(28,37)12-17/h10,14-15,17-22,24-26,32,34-38H,3-9,11-13H2,1-2H3. The zero-order valence-corrected chi connectivity index (χ0v) is 23.3. The topological polar surface area (TPSA) is 174 Å². The number of rotatable bonds is 4. The Bertz CT molecular complexity index is 1080. The van der Waals surface area contributed by atoms with Crippen LogP contribution in [0, 0.1) is 34.5 Å². The first kappa shape index (κ1) is 28.7. The fourth-order valence-corrected chi connectivity index (χ4v) is 10.2. The molecule has 6 aliphatic rings. The Morgan fingerprint density at radius 1 is 0.975 bits per heavy atom. The summed E-state index contributed by atoms with van der Waals surface area (Å²) in [5, 5.41) is 67.1. The van der Waals surface area contributed by atoms with Crippen LogP contribution in [0.15, 0.2) is 11.6 Å². The van der Waals surface area contributed by atoms with Gasteiger partial charge in [0.2, 0.25) is 0 Å². The molecule has 5 saturated carbocycles. The number of fused-ring (bicyclic) bond motifs is 5. The normalized spacial score (nSPS) is 56.0. The molecule has 1 aliphatic heterocycles. The lowest BCUT2D eigenvalue weighted by atomic mass is 9.41. The van der Waals surface area contributed by atoms with Crippen LogP contribution >= 0.6 is 0 Å². The summed E-state index contributed by atoms with van der Waals surface area (Å²) in [5.74, 6) is -1.61. The summed E-state index contributed by atoms with van der Waals surface area (Å²) in [6, 6.07) is 0. The average Bonchev–Trinajstić information content (AvgIpc) is 3.46. The van der Waals surface area contributed by atoms with Crippen LogP contribution in [-0.2, 0) is 19.1 Å². The van der Waals surface area contributed by atoms with Crippen LogP contribution in [0.4, 0.5) is 0 Å². The first-order valence-corrected chi connectivity index (χ1v) is 15.0. The molecule has 0 bridgehead atoms. The van der Waals surface area contributed by atoms with Crippen molar-refractivity contribution in [2.75, 3.05) is 6.61 Å². The highest BCUT2D eigenvalue weighted by atomic mass is 16.5. The van der Waals surface area contributed by atoms with Crippen molar-refractivity contribution in [1.29, 1.82) is 0 Å². The highest BCUT2D eigenvalue weighted by Gasteiger charge is 2.74. The summed E-state index contributed by atoms with van der Waals surface area (Å²) in [5.41, 5.74) is -3.94. The Kier molecular flexibility index (Phi) is 6.86. The molecule has 0 amide bonds. The lowest BCUT2D eigenvalue weighted by Crippen LogP contribution is -2.71. The Morgan fingerprint density at radius 3 is 2.40 bits per heavy atom. The number of esters is 1. The van der Waals surface area contributed by atoms with Gasteiger partial charge in [0, 0.05) is 17.9 Å². The van der Waals surface area contributed by atoms with E-state index in [9.17, 15) is 40.2 Å². The van der Waals surface area contributed by atoms with E-state index in [1.165, 1.54) is 6.08 Å². The third-order valence-corrected chi connectivity index (χ3v) is 12.6. The summed E-state index contributed by atoms with van der Waals surface area (Å²) in [6.07, 6.45) is 0.0249. The van der Waals surface area contributed by atoms with Crippen LogP contribution in [0.3, 0.4) is 0 Å². The maximum atomic E-state index is 13.0. The molecule has 5 fully saturated rings. The van der Waals surface area contributed by atoms with Gasteiger partial charge in [-0.15, -0.1) is 0 Å². The molecule has 0 radical (unpaired) electrons. The minimum absolute atomic E-state index is 0.167. The van der Waals surface area contributed by atoms with E-state index in [0.717, 1.165) is 11.9 Å². The molecule has 6 N–H and O–H groups in total. The van der Waals surface area contributed by atoms with Crippen LogP contribution in [0.2, 0.25) is 0 Å². The van der Waals surface area contributed by atoms with Crippen molar-refractivity contribution in [3.8, 4) is 0 Å². The monoisotopic (exact) mass is 564 g/mol. The fraction of sp³-hybridized carbons (Fsp3) is 0.867. The SMILES string of the molecule is CC1CC(OC2CCC3(C=O)C4CC(O)C5(C)C(C6=CC(=O)OC6)CCC5(O)C4CCC3(O)C2)C(O)C(O)C1O. The second-order valence-corrected chi connectivity index (χ2v) is 14.0. The van der Waals surface area contributed by atoms with Crippen molar-refractivity contribution in [2.24, 2.45) is 34.5 Å². The van der Waals surface area contributed by atoms with Crippen LogP contribution in [0.5, 0.6) is 0 Å². The lowest BCUT2D eigenvalue weighted by molar-refractivity contribution is -0.276. The highest BCUT2D eigenvalue weighted by molar-refractivity contribution is 5.85. The van der Waals surface area contributed by atoms with Gasteiger partial charge >= 0.3 is 5.97 Å². The Balaban J connectivity index is 1.25. The fourth-order valence-electron chi connectivity index (χ4n) is 10.2. The van der Waals surface area contributed by atoms with Gasteiger partial charge in [-0.05, 0) is 80.6 Å². The number of hydrogen-bond donors (Lipinski definition) is 6. The molecule has 14 atom stereocenters. The minimum atomic E-state index is -1.40. The molecule has 14 unspecified atom stereocenters. The smallest absolute Gasteiger partial charge is 0.331 e. The van der Waals surface area contributed by atoms with E-state index in [1.54, 1.807) is 6.92 Å². The molecule has 0 aromatic heterocycles. The number of carbonyl (C=O) groups is 2. The number of carbonyl (C=O) groups excluding carboxylic acids is 2. The molecule has 0 saturated heterocycles. The molecule has 10 nitrogen and oxygen atoms in total. The molecule has 224 valence electrons. The van der Waals surface area contributed by atoms with Gasteiger partial charge in [0.25, 0.3) is 0 Å². The molecular weight excluding hydrogens is 520 g/mol. The van der Waals surface area contributed by atoms with E-state index in [0.29, 0.717) is 44.9 Å². The summed E-state index contributed by atoms with van der Waals surface area (Å²) >= 11 is 0. The van der Waals surface area contributed by atoms with E-state index in [2.05, 4.69) is 0 Å². The molecular formula is C30H44O10. The van der Waals surface area contributed by atoms with E-state index in [4.69, 9.17) is 9.47 Å².